The third kappa shape index (κ3) is 4.91. The third-order valence-electron chi connectivity index (χ3n) is 6.66. The molecule has 2 aliphatic heterocycles. The Bertz CT molecular complexity index is 1380. The topological polar surface area (TPSA) is 79.8 Å². The van der Waals surface area contributed by atoms with Gasteiger partial charge in [0.25, 0.3) is 5.91 Å². The number of likely N-dealkylation sites (tertiary alicyclic amines) is 1. The SMILES string of the molecule is CN(C)S(=O)(=O)CCc1cc2nccc(-c3cc(Cl)cc4c3OC(C(=O)N3CCCCC3)C4)c2s1. The lowest BCUT2D eigenvalue weighted by Gasteiger charge is -2.28. The highest BCUT2D eigenvalue weighted by Crippen LogP contribution is 2.45. The fraction of sp³-hybridized carbons (Fsp3) is 0.440. The van der Waals surface area contributed by atoms with Gasteiger partial charge in [0.1, 0.15) is 5.75 Å². The number of aryl methyl sites for hydroxylation is 1. The maximum Gasteiger partial charge on any atom is 0.263 e. The number of nitrogens with zero attached hydrogens (tertiary/aromatic N) is 3. The zero-order chi connectivity index (χ0) is 24.7. The van der Waals surface area contributed by atoms with Gasteiger partial charge in [0.2, 0.25) is 10.0 Å². The number of thiophene rings is 1. The molecule has 1 unspecified atom stereocenters. The zero-order valence-corrected chi connectivity index (χ0v) is 22.2. The molecule has 4 heterocycles. The fourth-order valence-electron chi connectivity index (χ4n) is 4.72. The number of sulfonamides is 1. The van der Waals surface area contributed by atoms with Crippen LogP contribution in [0.15, 0.2) is 30.5 Å². The zero-order valence-electron chi connectivity index (χ0n) is 19.8. The van der Waals surface area contributed by atoms with Gasteiger partial charge in [-0.25, -0.2) is 12.7 Å². The standard InChI is InChI=1S/C25H28ClN3O4S2/c1-28(2)35(31,32)11-7-18-15-21-24(34-18)19(6-8-27-21)20-14-17(26)12-16-13-22(33-23(16)20)25(30)29-9-4-3-5-10-29/h6,8,12,14-15,22H,3-5,7,9-11,13H2,1-2H3. The second kappa shape index (κ2) is 9.69. The molecule has 2 aromatic heterocycles. The first-order valence-electron chi connectivity index (χ1n) is 11.8. The minimum absolute atomic E-state index is 0.0398. The average molecular weight is 534 g/mol. The van der Waals surface area contributed by atoms with Gasteiger partial charge in [-0.05, 0) is 49.9 Å². The van der Waals surface area contributed by atoms with E-state index >= 15 is 0 Å². The molecular formula is C25H28ClN3O4S2. The number of pyridine rings is 1. The van der Waals surface area contributed by atoms with Crippen LogP contribution in [-0.2, 0) is 27.7 Å². The summed E-state index contributed by atoms with van der Waals surface area (Å²) in [5, 5.41) is 0.590. The van der Waals surface area contributed by atoms with E-state index in [9.17, 15) is 13.2 Å². The lowest BCUT2D eigenvalue weighted by Crippen LogP contribution is -2.43. The summed E-state index contributed by atoms with van der Waals surface area (Å²) in [7, 11) is -0.198. The summed E-state index contributed by atoms with van der Waals surface area (Å²) in [5.74, 6) is 0.781. The molecule has 10 heteroatoms. The van der Waals surface area contributed by atoms with E-state index < -0.39 is 16.1 Å². The van der Waals surface area contributed by atoms with Crippen molar-refractivity contribution in [1.82, 2.24) is 14.2 Å². The number of hydrogen-bond acceptors (Lipinski definition) is 6. The van der Waals surface area contributed by atoms with Gasteiger partial charge >= 0.3 is 0 Å². The number of aromatic nitrogens is 1. The normalized spacial score (nSPS) is 18.2. The number of amides is 1. The summed E-state index contributed by atoms with van der Waals surface area (Å²) in [5.41, 5.74) is 3.49. The van der Waals surface area contributed by atoms with Crippen molar-refractivity contribution >= 4 is 49.1 Å². The fourth-order valence-corrected chi connectivity index (χ4v) is 7.07. The number of piperidine rings is 1. The number of carbonyl (C=O) groups is 1. The molecule has 2 aliphatic rings. The van der Waals surface area contributed by atoms with Crippen molar-refractivity contribution in [3.63, 3.8) is 0 Å². The van der Waals surface area contributed by atoms with Crippen LogP contribution in [-0.4, -0.2) is 67.6 Å². The van der Waals surface area contributed by atoms with Crippen molar-refractivity contribution in [1.29, 1.82) is 0 Å². The molecule has 1 saturated heterocycles. The van der Waals surface area contributed by atoms with Crippen LogP contribution < -0.4 is 4.74 Å². The van der Waals surface area contributed by atoms with E-state index in [1.807, 2.05) is 29.2 Å². The Morgan fingerprint density at radius 2 is 1.97 bits per heavy atom. The second-order valence-corrected chi connectivity index (χ2v) is 13.1. The van der Waals surface area contributed by atoms with Gasteiger partial charge in [-0.1, -0.05) is 11.6 Å². The molecule has 0 bridgehead atoms. The largest absolute Gasteiger partial charge is 0.479 e. The molecule has 1 atom stereocenters. The van der Waals surface area contributed by atoms with Gasteiger partial charge in [-0.3, -0.25) is 9.78 Å². The number of rotatable bonds is 6. The summed E-state index contributed by atoms with van der Waals surface area (Å²) < 4.78 is 32.9. The van der Waals surface area contributed by atoms with Crippen molar-refractivity contribution < 1.29 is 17.9 Å². The lowest BCUT2D eigenvalue weighted by atomic mass is 10.0. The molecule has 0 saturated carbocycles. The minimum atomic E-state index is -3.29. The van der Waals surface area contributed by atoms with Crippen molar-refractivity contribution in [3.05, 3.63) is 45.9 Å². The predicted molar refractivity (Wildman–Crippen MR) is 140 cm³/mol. The maximum absolute atomic E-state index is 13.1. The van der Waals surface area contributed by atoms with Crippen molar-refractivity contribution in [2.24, 2.45) is 0 Å². The van der Waals surface area contributed by atoms with Gasteiger partial charge in [-0.2, -0.15) is 0 Å². The summed E-state index contributed by atoms with van der Waals surface area (Å²) >= 11 is 8.04. The molecular weight excluding hydrogens is 506 g/mol. The number of benzene rings is 1. The van der Waals surface area contributed by atoms with E-state index in [2.05, 4.69) is 4.98 Å². The molecule has 35 heavy (non-hydrogen) atoms. The highest BCUT2D eigenvalue weighted by Gasteiger charge is 2.35. The van der Waals surface area contributed by atoms with Crippen LogP contribution in [0.2, 0.25) is 5.02 Å². The molecule has 1 aromatic carbocycles. The van der Waals surface area contributed by atoms with E-state index in [1.165, 1.54) is 15.6 Å². The highest BCUT2D eigenvalue weighted by molar-refractivity contribution is 7.89. The van der Waals surface area contributed by atoms with Gasteiger partial charge in [0.15, 0.2) is 6.10 Å². The Kier molecular flexibility index (Phi) is 6.78. The average Bonchev–Trinajstić information content (AvgIpc) is 3.46. The molecule has 5 rings (SSSR count). The Hall–Kier alpha value is -2.20. The molecule has 7 nitrogen and oxygen atoms in total. The van der Waals surface area contributed by atoms with E-state index in [4.69, 9.17) is 16.3 Å². The van der Waals surface area contributed by atoms with Crippen LogP contribution in [0.3, 0.4) is 0 Å². The number of carbonyl (C=O) groups excluding carboxylic acids is 1. The van der Waals surface area contributed by atoms with Crippen molar-refractivity contribution in [2.45, 2.75) is 38.2 Å². The smallest absolute Gasteiger partial charge is 0.263 e. The molecule has 1 amide bonds. The number of halogens is 1. The molecule has 0 radical (unpaired) electrons. The summed E-state index contributed by atoms with van der Waals surface area (Å²) in [6, 6.07) is 7.63. The third-order valence-corrected chi connectivity index (χ3v) is 9.92. The van der Waals surface area contributed by atoms with Gasteiger partial charge in [-0.15, -0.1) is 11.3 Å². The highest BCUT2D eigenvalue weighted by atomic mass is 35.5. The number of fused-ring (bicyclic) bond motifs is 2. The van der Waals surface area contributed by atoms with Crippen LogP contribution in [0, 0.1) is 0 Å². The molecule has 0 aliphatic carbocycles. The molecule has 1 fully saturated rings. The molecule has 0 spiro atoms. The van der Waals surface area contributed by atoms with Crippen LogP contribution in [0.4, 0.5) is 0 Å². The van der Waals surface area contributed by atoms with Crippen LogP contribution in [0.1, 0.15) is 29.7 Å². The Balaban J connectivity index is 1.46. The van der Waals surface area contributed by atoms with E-state index in [0.29, 0.717) is 23.6 Å². The van der Waals surface area contributed by atoms with Crippen molar-refractivity contribution in [3.8, 4) is 16.9 Å². The van der Waals surface area contributed by atoms with Crippen molar-refractivity contribution in [2.75, 3.05) is 32.9 Å². The lowest BCUT2D eigenvalue weighted by molar-refractivity contribution is -0.138. The number of ether oxygens (including phenoxy) is 1. The first-order valence-corrected chi connectivity index (χ1v) is 14.6. The summed E-state index contributed by atoms with van der Waals surface area (Å²) in [4.78, 5) is 20.5. The first-order chi connectivity index (χ1) is 16.7. The van der Waals surface area contributed by atoms with Gasteiger partial charge < -0.3 is 9.64 Å². The van der Waals surface area contributed by atoms with Gasteiger partial charge in [0.05, 0.1) is 16.0 Å². The van der Waals surface area contributed by atoms with E-state index in [1.54, 1.807) is 20.3 Å². The Morgan fingerprint density at radius 3 is 2.71 bits per heavy atom. The monoisotopic (exact) mass is 533 g/mol. The Labute approximate surface area is 214 Å². The minimum Gasteiger partial charge on any atom is -0.479 e. The molecule has 3 aromatic rings. The predicted octanol–water partition coefficient (Wildman–Crippen LogP) is 4.37. The van der Waals surface area contributed by atoms with E-state index in [0.717, 1.165) is 64.1 Å². The van der Waals surface area contributed by atoms with E-state index in [-0.39, 0.29) is 11.7 Å². The first kappa shape index (κ1) is 24.5. The quantitative estimate of drug-likeness (QED) is 0.470. The number of hydrogen-bond donors (Lipinski definition) is 0. The van der Waals surface area contributed by atoms with Crippen LogP contribution >= 0.6 is 22.9 Å². The molecule has 0 N–H and O–H groups in total. The molecule has 186 valence electrons. The van der Waals surface area contributed by atoms with Gasteiger partial charge in [0, 0.05) is 66.4 Å². The summed E-state index contributed by atoms with van der Waals surface area (Å²) in [6.07, 6.45) is 5.36. The van der Waals surface area contributed by atoms with Crippen LogP contribution in [0.5, 0.6) is 5.75 Å². The maximum atomic E-state index is 13.1. The Morgan fingerprint density at radius 1 is 1.20 bits per heavy atom. The second-order valence-electron chi connectivity index (χ2n) is 9.27. The van der Waals surface area contributed by atoms with Crippen LogP contribution in [0.25, 0.3) is 21.3 Å². The summed E-state index contributed by atoms with van der Waals surface area (Å²) in [6.45, 7) is 1.57.